The first kappa shape index (κ1) is 9.32. The third-order valence-electron chi connectivity index (χ3n) is 2.00. The summed E-state index contributed by atoms with van der Waals surface area (Å²) in [6, 6.07) is 2.60. The van der Waals surface area contributed by atoms with Gasteiger partial charge in [-0.05, 0) is 12.1 Å². The Morgan fingerprint density at radius 2 is 2.27 bits per heavy atom. The number of benzene rings is 1. The van der Waals surface area contributed by atoms with E-state index in [1.165, 1.54) is 12.1 Å². The predicted octanol–water partition coefficient (Wildman–Crippen LogP) is 0.298. The molecule has 0 aliphatic carbocycles. The summed E-state index contributed by atoms with van der Waals surface area (Å²) in [4.78, 5) is 21.7. The molecule has 6 heteroatoms. The highest BCUT2D eigenvalue weighted by Gasteiger charge is 2.20. The molecule has 0 fully saturated rings. The number of rotatable bonds is 1. The Labute approximate surface area is 84.6 Å². The average Bonchev–Trinajstić information content (AvgIpc) is 2.18. The van der Waals surface area contributed by atoms with E-state index in [1.54, 1.807) is 0 Å². The number of fused-ring (bicyclic) bond motifs is 1. The number of carbonyl (C=O) groups excluding carboxylic acids is 1. The highest BCUT2D eigenvalue weighted by Crippen LogP contribution is 2.34. The van der Waals surface area contributed by atoms with Gasteiger partial charge in [-0.25, -0.2) is 4.79 Å². The molecule has 78 valence electrons. The fraction of sp³-hybridized carbons (Fsp3) is 0.111. The molecular formula is C9H8N2O4. The van der Waals surface area contributed by atoms with Gasteiger partial charge in [0, 0.05) is 0 Å². The van der Waals surface area contributed by atoms with Gasteiger partial charge in [-0.3, -0.25) is 4.79 Å². The summed E-state index contributed by atoms with van der Waals surface area (Å²) in [5, 5.41) is 11.3. The van der Waals surface area contributed by atoms with Crippen LogP contribution < -0.4 is 15.8 Å². The van der Waals surface area contributed by atoms with Crippen LogP contribution in [-0.2, 0) is 4.79 Å². The number of carboxylic acids is 1. The van der Waals surface area contributed by atoms with Crippen LogP contribution in [0.4, 0.5) is 11.4 Å². The van der Waals surface area contributed by atoms with Crippen LogP contribution in [0.15, 0.2) is 12.1 Å². The summed E-state index contributed by atoms with van der Waals surface area (Å²) in [5.41, 5.74) is 6.12. The van der Waals surface area contributed by atoms with Crippen LogP contribution in [0.1, 0.15) is 10.4 Å². The molecule has 0 radical (unpaired) electrons. The number of carboxylic acid groups (broad SMARTS) is 1. The van der Waals surface area contributed by atoms with Crippen molar-refractivity contribution in [3.8, 4) is 5.75 Å². The maximum atomic E-state index is 11.0. The van der Waals surface area contributed by atoms with Crippen LogP contribution in [0.3, 0.4) is 0 Å². The predicted molar refractivity (Wildman–Crippen MR) is 51.9 cm³/mol. The van der Waals surface area contributed by atoms with E-state index >= 15 is 0 Å². The zero-order chi connectivity index (χ0) is 11.0. The zero-order valence-corrected chi connectivity index (χ0v) is 7.61. The molecule has 1 aliphatic heterocycles. The van der Waals surface area contributed by atoms with Gasteiger partial charge in [-0.2, -0.15) is 0 Å². The molecule has 1 amide bonds. The van der Waals surface area contributed by atoms with Crippen LogP contribution in [-0.4, -0.2) is 23.6 Å². The van der Waals surface area contributed by atoms with Crippen molar-refractivity contribution >= 4 is 23.3 Å². The molecule has 0 saturated carbocycles. The van der Waals surface area contributed by atoms with E-state index in [0.29, 0.717) is 5.69 Å². The molecule has 0 atom stereocenters. The zero-order valence-electron chi connectivity index (χ0n) is 7.61. The summed E-state index contributed by atoms with van der Waals surface area (Å²) in [7, 11) is 0. The van der Waals surface area contributed by atoms with Gasteiger partial charge in [0.1, 0.15) is 11.4 Å². The normalized spacial score (nSPS) is 13.7. The van der Waals surface area contributed by atoms with Crippen LogP contribution in [0.2, 0.25) is 0 Å². The monoisotopic (exact) mass is 208 g/mol. The van der Waals surface area contributed by atoms with Gasteiger partial charge in [0.25, 0.3) is 5.91 Å². The number of anilines is 2. The molecular weight excluding hydrogens is 200 g/mol. The second-order valence-electron chi connectivity index (χ2n) is 3.08. The van der Waals surface area contributed by atoms with Gasteiger partial charge in [-0.15, -0.1) is 0 Å². The Hall–Kier alpha value is -2.24. The first-order chi connectivity index (χ1) is 7.08. The number of hydrogen-bond donors (Lipinski definition) is 3. The molecule has 1 heterocycles. The third kappa shape index (κ3) is 1.56. The van der Waals surface area contributed by atoms with Crippen LogP contribution >= 0.6 is 0 Å². The van der Waals surface area contributed by atoms with Gasteiger partial charge in [-0.1, -0.05) is 0 Å². The molecule has 4 N–H and O–H groups in total. The Kier molecular flexibility index (Phi) is 1.96. The summed E-state index contributed by atoms with van der Waals surface area (Å²) in [6.07, 6.45) is 0. The van der Waals surface area contributed by atoms with Crippen molar-refractivity contribution in [2.75, 3.05) is 17.7 Å². The molecule has 2 rings (SSSR count). The molecule has 1 aromatic rings. The lowest BCUT2D eigenvalue weighted by Crippen LogP contribution is -2.26. The van der Waals surface area contributed by atoms with Crippen LogP contribution in [0.5, 0.6) is 5.75 Å². The Morgan fingerprint density at radius 3 is 2.93 bits per heavy atom. The summed E-state index contributed by atoms with van der Waals surface area (Å²) in [5.74, 6) is -1.12. The number of nitrogens with two attached hydrogens (primary N) is 1. The summed E-state index contributed by atoms with van der Waals surface area (Å²) in [6.45, 7) is -0.129. The first-order valence-electron chi connectivity index (χ1n) is 4.17. The third-order valence-corrected chi connectivity index (χ3v) is 2.00. The van der Waals surface area contributed by atoms with Crippen molar-refractivity contribution in [2.45, 2.75) is 0 Å². The van der Waals surface area contributed by atoms with Crippen molar-refractivity contribution < 1.29 is 19.4 Å². The molecule has 0 spiro atoms. The summed E-state index contributed by atoms with van der Waals surface area (Å²) >= 11 is 0. The molecule has 6 nitrogen and oxygen atoms in total. The number of ether oxygens (including phenoxy) is 1. The maximum Gasteiger partial charge on any atom is 0.335 e. The second kappa shape index (κ2) is 3.16. The van der Waals surface area contributed by atoms with Crippen molar-refractivity contribution in [2.24, 2.45) is 0 Å². The molecule has 1 aliphatic rings. The molecule has 1 aromatic carbocycles. The maximum absolute atomic E-state index is 11.0. The van der Waals surface area contributed by atoms with E-state index in [9.17, 15) is 9.59 Å². The highest BCUT2D eigenvalue weighted by molar-refractivity contribution is 6.01. The quantitative estimate of drug-likeness (QED) is 0.576. The summed E-state index contributed by atoms with van der Waals surface area (Å²) < 4.78 is 5.05. The standard InChI is InChI=1S/C9H8N2O4/c10-5-1-4(9(13)14)2-6-8(5)11-7(12)3-15-6/h1-2H,3,10H2,(H,11,12)(H,13,14). The van der Waals surface area contributed by atoms with Crippen molar-refractivity contribution in [3.05, 3.63) is 17.7 Å². The lowest BCUT2D eigenvalue weighted by molar-refractivity contribution is -0.118. The Morgan fingerprint density at radius 1 is 1.53 bits per heavy atom. The van der Waals surface area contributed by atoms with Gasteiger partial charge in [0.05, 0.1) is 11.3 Å². The Balaban J connectivity index is 2.52. The average molecular weight is 208 g/mol. The first-order valence-corrected chi connectivity index (χ1v) is 4.17. The van der Waals surface area contributed by atoms with Gasteiger partial charge in [0.2, 0.25) is 0 Å². The molecule has 0 aromatic heterocycles. The van der Waals surface area contributed by atoms with Crippen molar-refractivity contribution in [1.29, 1.82) is 0 Å². The fourth-order valence-corrected chi connectivity index (χ4v) is 1.33. The Bertz CT molecular complexity index is 456. The smallest absolute Gasteiger partial charge is 0.335 e. The molecule has 15 heavy (non-hydrogen) atoms. The van der Waals surface area contributed by atoms with Crippen molar-refractivity contribution in [3.63, 3.8) is 0 Å². The van der Waals surface area contributed by atoms with E-state index in [2.05, 4.69) is 5.32 Å². The lowest BCUT2D eigenvalue weighted by Gasteiger charge is -2.19. The fourth-order valence-electron chi connectivity index (χ4n) is 1.33. The SMILES string of the molecule is Nc1cc(C(=O)O)cc2c1NC(=O)CO2. The van der Waals surface area contributed by atoms with E-state index in [4.69, 9.17) is 15.6 Å². The number of aromatic carboxylic acids is 1. The lowest BCUT2D eigenvalue weighted by atomic mass is 10.1. The van der Waals surface area contributed by atoms with E-state index in [1.807, 2.05) is 0 Å². The number of nitrogens with one attached hydrogen (secondary N) is 1. The molecule has 0 saturated heterocycles. The van der Waals surface area contributed by atoms with Gasteiger partial charge in [0.15, 0.2) is 6.61 Å². The number of carbonyl (C=O) groups is 2. The van der Waals surface area contributed by atoms with Crippen LogP contribution in [0.25, 0.3) is 0 Å². The van der Waals surface area contributed by atoms with Gasteiger partial charge < -0.3 is 20.9 Å². The van der Waals surface area contributed by atoms with Crippen molar-refractivity contribution in [1.82, 2.24) is 0 Å². The second-order valence-corrected chi connectivity index (χ2v) is 3.08. The van der Waals surface area contributed by atoms with E-state index in [-0.39, 0.29) is 29.5 Å². The highest BCUT2D eigenvalue weighted by atomic mass is 16.5. The number of hydrogen-bond acceptors (Lipinski definition) is 4. The van der Waals surface area contributed by atoms with E-state index in [0.717, 1.165) is 0 Å². The minimum atomic E-state index is -1.09. The minimum absolute atomic E-state index is 0.0300. The molecule has 0 unspecified atom stereocenters. The number of amides is 1. The largest absolute Gasteiger partial charge is 0.481 e. The van der Waals surface area contributed by atoms with Crippen LogP contribution in [0, 0.1) is 0 Å². The minimum Gasteiger partial charge on any atom is -0.481 e. The molecule has 0 bridgehead atoms. The number of nitrogen functional groups attached to an aromatic ring is 1. The topological polar surface area (TPSA) is 102 Å². The van der Waals surface area contributed by atoms with E-state index < -0.39 is 5.97 Å². The van der Waals surface area contributed by atoms with Gasteiger partial charge >= 0.3 is 5.97 Å².